The molecule has 0 radical (unpaired) electrons. The molecule has 1 saturated carbocycles. The van der Waals surface area contributed by atoms with Crippen LogP contribution in [0.4, 0.5) is 10.6 Å². The van der Waals surface area contributed by atoms with Crippen LogP contribution in [-0.2, 0) is 10.2 Å². The van der Waals surface area contributed by atoms with Crippen LogP contribution in [0.25, 0.3) is 0 Å². The molecule has 0 aromatic carbocycles. The molecule has 2 rings (SSSR count). The molecule has 1 aromatic heterocycles. The molecule has 0 aliphatic heterocycles. The van der Waals surface area contributed by atoms with E-state index in [1.807, 2.05) is 6.07 Å². The number of aromatic nitrogens is 1. The number of carbonyl (C=O) groups excluding carboxylic acids is 1. The van der Waals surface area contributed by atoms with E-state index in [0.717, 1.165) is 18.4 Å². The molecule has 1 N–H and O–H groups in total. The second-order valence-electron chi connectivity index (χ2n) is 5.75. The average Bonchev–Trinajstić information content (AvgIpc) is 3.08. The summed E-state index contributed by atoms with van der Waals surface area (Å²) >= 11 is 0. The first kappa shape index (κ1) is 13.3. The van der Waals surface area contributed by atoms with Crippen molar-refractivity contribution < 1.29 is 9.53 Å². The first-order valence-electron chi connectivity index (χ1n) is 6.22. The molecule has 0 atom stereocenters. The number of nitriles is 1. The van der Waals surface area contributed by atoms with Crippen molar-refractivity contribution in [3.05, 3.63) is 23.9 Å². The van der Waals surface area contributed by atoms with Gasteiger partial charge in [-0.2, -0.15) is 5.26 Å². The molecule has 1 heterocycles. The third-order valence-corrected chi connectivity index (χ3v) is 2.91. The lowest BCUT2D eigenvalue weighted by Gasteiger charge is -2.19. The fraction of sp³-hybridized carbons (Fsp3) is 0.500. The number of amides is 1. The smallest absolute Gasteiger partial charge is 0.413 e. The van der Waals surface area contributed by atoms with Crippen molar-refractivity contribution in [3.63, 3.8) is 0 Å². The quantitative estimate of drug-likeness (QED) is 0.885. The maximum absolute atomic E-state index is 11.6. The Bertz CT molecular complexity index is 519. The van der Waals surface area contributed by atoms with E-state index in [1.54, 1.807) is 33.0 Å². The van der Waals surface area contributed by atoms with Crippen LogP contribution in [0.3, 0.4) is 0 Å². The second kappa shape index (κ2) is 4.54. The van der Waals surface area contributed by atoms with Gasteiger partial charge in [0.05, 0.1) is 11.5 Å². The topological polar surface area (TPSA) is 75.0 Å². The molecule has 1 aromatic rings. The van der Waals surface area contributed by atoms with Crippen molar-refractivity contribution in [1.82, 2.24) is 4.98 Å². The zero-order valence-electron chi connectivity index (χ0n) is 11.4. The minimum atomic E-state index is -0.539. The van der Waals surface area contributed by atoms with Gasteiger partial charge in [0.1, 0.15) is 11.4 Å². The van der Waals surface area contributed by atoms with E-state index in [1.165, 1.54) is 0 Å². The van der Waals surface area contributed by atoms with Crippen LogP contribution in [0.15, 0.2) is 18.3 Å². The molecule has 0 saturated heterocycles. The predicted octanol–water partition coefficient (Wildman–Crippen LogP) is 2.98. The molecule has 0 unspecified atom stereocenters. The summed E-state index contributed by atoms with van der Waals surface area (Å²) in [5.74, 6) is 0.423. The lowest BCUT2D eigenvalue weighted by Crippen LogP contribution is -2.27. The third-order valence-electron chi connectivity index (χ3n) is 2.91. The summed E-state index contributed by atoms with van der Waals surface area (Å²) in [6.07, 6.45) is 2.87. The van der Waals surface area contributed by atoms with Gasteiger partial charge in [0.25, 0.3) is 0 Å². The Labute approximate surface area is 112 Å². The Hall–Kier alpha value is -2.09. The van der Waals surface area contributed by atoms with Crippen molar-refractivity contribution in [2.75, 3.05) is 5.32 Å². The number of rotatable bonds is 2. The number of hydrogen-bond acceptors (Lipinski definition) is 4. The molecule has 1 aliphatic carbocycles. The van der Waals surface area contributed by atoms with Crippen molar-refractivity contribution >= 4 is 11.9 Å². The molecule has 100 valence electrons. The van der Waals surface area contributed by atoms with Gasteiger partial charge in [-0.1, -0.05) is 6.07 Å². The predicted molar refractivity (Wildman–Crippen MR) is 70.6 cm³/mol. The van der Waals surface area contributed by atoms with Crippen molar-refractivity contribution in [2.24, 2.45) is 0 Å². The van der Waals surface area contributed by atoms with E-state index in [4.69, 9.17) is 10.00 Å². The van der Waals surface area contributed by atoms with Crippen LogP contribution in [0, 0.1) is 11.3 Å². The summed E-state index contributed by atoms with van der Waals surface area (Å²) < 4.78 is 5.13. The van der Waals surface area contributed by atoms with E-state index in [-0.39, 0.29) is 5.41 Å². The Balaban J connectivity index is 2.00. The molecule has 0 spiro atoms. The zero-order chi connectivity index (χ0) is 14.1. The summed E-state index contributed by atoms with van der Waals surface area (Å²) in [6.45, 7) is 5.40. The van der Waals surface area contributed by atoms with Gasteiger partial charge in [-0.25, -0.2) is 9.78 Å². The maximum Gasteiger partial charge on any atom is 0.413 e. The normalized spacial score (nSPS) is 16.3. The van der Waals surface area contributed by atoms with Crippen LogP contribution in [0.1, 0.15) is 39.2 Å². The van der Waals surface area contributed by atoms with E-state index < -0.39 is 11.7 Å². The highest BCUT2D eigenvalue weighted by atomic mass is 16.6. The minimum Gasteiger partial charge on any atom is -0.444 e. The molecule has 5 nitrogen and oxygen atoms in total. The first-order valence-corrected chi connectivity index (χ1v) is 6.22. The summed E-state index contributed by atoms with van der Waals surface area (Å²) in [5, 5.41) is 11.6. The number of hydrogen-bond donors (Lipinski definition) is 1. The van der Waals surface area contributed by atoms with Gasteiger partial charge >= 0.3 is 6.09 Å². The van der Waals surface area contributed by atoms with Crippen LogP contribution < -0.4 is 5.32 Å². The number of nitrogens with one attached hydrogen (secondary N) is 1. The van der Waals surface area contributed by atoms with Gasteiger partial charge in [0.15, 0.2) is 0 Å². The molecule has 1 amide bonds. The van der Waals surface area contributed by atoms with Crippen molar-refractivity contribution in [3.8, 4) is 6.07 Å². The van der Waals surface area contributed by atoms with Gasteiger partial charge in [0.2, 0.25) is 0 Å². The summed E-state index contributed by atoms with van der Waals surface area (Å²) in [4.78, 5) is 15.7. The number of nitrogens with zero attached hydrogens (tertiary/aromatic N) is 2. The van der Waals surface area contributed by atoms with E-state index in [0.29, 0.717) is 5.82 Å². The Morgan fingerprint density at radius 3 is 2.58 bits per heavy atom. The van der Waals surface area contributed by atoms with Crippen LogP contribution in [-0.4, -0.2) is 16.7 Å². The highest BCUT2D eigenvalue weighted by Gasteiger charge is 2.45. The summed E-state index contributed by atoms with van der Waals surface area (Å²) in [6, 6.07) is 5.83. The third kappa shape index (κ3) is 3.22. The minimum absolute atomic E-state index is 0.350. The maximum atomic E-state index is 11.6. The standard InChI is InChI=1S/C14H17N3O2/c1-13(2,3)19-12(18)17-11-5-4-10(8-16-11)14(9-15)6-7-14/h4-5,8H,6-7H2,1-3H3,(H,16,17,18). The summed E-state index contributed by atoms with van der Waals surface area (Å²) in [5.41, 5.74) is 0.0186. The van der Waals surface area contributed by atoms with Gasteiger partial charge < -0.3 is 4.74 Å². The van der Waals surface area contributed by atoms with Crippen LogP contribution in [0.2, 0.25) is 0 Å². The lowest BCUT2D eigenvalue weighted by molar-refractivity contribution is 0.0635. The SMILES string of the molecule is CC(C)(C)OC(=O)Nc1ccc(C2(C#N)CC2)cn1. The Morgan fingerprint density at radius 1 is 1.47 bits per heavy atom. The van der Waals surface area contributed by atoms with Crippen molar-refractivity contribution in [2.45, 2.75) is 44.6 Å². The highest BCUT2D eigenvalue weighted by molar-refractivity contribution is 5.83. The molecular weight excluding hydrogens is 242 g/mol. The largest absolute Gasteiger partial charge is 0.444 e. The number of anilines is 1. The van der Waals surface area contributed by atoms with E-state index >= 15 is 0 Å². The Morgan fingerprint density at radius 2 is 2.16 bits per heavy atom. The fourth-order valence-electron chi connectivity index (χ4n) is 1.75. The van der Waals surface area contributed by atoms with Gasteiger partial charge in [-0.3, -0.25) is 5.32 Å². The van der Waals surface area contributed by atoms with E-state index in [9.17, 15) is 4.79 Å². The van der Waals surface area contributed by atoms with Crippen molar-refractivity contribution in [1.29, 1.82) is 5.26 Å². The monoisotopic (exact) mass is 259 g/mol. The van der Waals surface area contributed by atoms with Gasteiger partial charge in [-0.05, 0) is 45.2 Å². The first-order chi connectivity index (χ1) is 8.85. The summed E-state index contributed by atoms with van der Waals surface area (Å²) in [7, 11) is 0. The molecule has 1 aliphatic rings. The second-order valence-corrected chi connectivity index (χ2v) is 5.75. The van der Waals surface area contributed by atoms with Crippen LogP contribution >= 0.6 is 0 Å². The molecular formula is C14H17N3O2. The lowest BCUT2D eigenvalue weighted by atomic mass is 10.0. The number of pyridine rings is 1. The van der Waals surface area contributed by atoms with Crippen LogP contribution in [0.5, 0.6) is 0 Å². The average molecular weight is 259 g/mol. The van der Waals surface area contributed by atoms with Gasteiger partial charge in [0, 0.05) is 6.20 Å². The molecule has 19 heavy (non-hydrogen) atoms. The number of ether oxygens (including phenoxy) is 1. The van der Waals surface area contributed by atoms with E-state index in [2.05, 4.69) is 16.4 Å². The highest BCUT2D eigenvalue weighted by Crippen LogP contribution is 2.47. The Kier molecular flexibility index (Phi) is 3.19. The number of carbonyl (C=O) groups is 1. The molecule has 5 heteroatoms. The zero-order valence-corrected chi connectivity index (χ0v) is 11.4. The fourth-order valence-corrected chi connectivity index (χ4v) is 1.75. The molecule has 1 fully saturated rings. The van der Waals surface area contributed by atoms with Gasteiger partial charge in [-0.15, -0.1) is 0 Å². The molecule has 0 bridgehead atoms.